The number of carbonyl (C=O) groups excluding carboxylic acids is 1. The van der Waals surface area contributed by atoms with E-state index in [2.05, 4.69) is 10.5 Å². The highest BCUT2D eigenvalue weighted by atomic mass is 16.5. The second-order valence-electron chi connectivity index (χ2n) is 4.91. The number of rotatable bonds is 8. The predicted molar refractivity (Wildman–Crippen MR) is 97.2 cm³/mol. The zero-order valence-electron chi connectivity index (χ0n) is 14.1. The zero-order chi connectivity index (χ0) is 17.9. The quantitative estimate of drug-likeness (QED) is 0.593. The Morgan fingerprint density at radius 3 is 2.12 bits per heavy atom. The van der Waals surface area contributed by atoms with Gasteiger partial charge in [-0.25, -0.2) is 5.43 Å². The van der Waals surface area contributed by atoms with Crippen LogP contribution in [0.15, 0.2) is 59.7 Å². The highest BCUT2D eigenvalue weighted by Gasteiger charge is 2.01. The average molecular weight is 340 g/mol. The molecule has 2 rings (SSSR count). The van der Waals surface area contributed by atoms with Gasteiger partial charge in [-0.3, -0.25) is 4.79 Å². The highest BCUT2D eigenvalue weighted by molar-refractivity contribution is 5.82. The van der Waals surface area contributed by atoms with Gasteiger partial charge in [0.2, 0.25) is 0 Å². The van der Waals surface area contributed by atoms with Crippen LogP contribution in [0.1, 0.15) is 5.56 Å². The minimum atomic E-state index is -0.343. The van der Waals surface area contributed by atoms with Crippen molar-refractivity contribution >= 4 is 18.2 Å². The topological polar surface area (TPSA) is 69.2 Å². The smallest absolute Gasteiger partial charge is 0.277 e. The first-order valence-electron chi connectivity index (χ1n) is 7.61. The SMILES string of the molecule is COc1ccc(C=CC=NNC(=O)COc2ccc(OC)cc2)cc1. The predicted octanol–water partition coefficient (Wildman–Crippen LogP) is 2.90. The number of hydrazone groups is 1. The first-order chi connectivity index (χ1) is 12.2. The Morgan fingerprint density at radius 1 is 0.960 bits per heavy atom. The van der Waals surface area contributed by atoms with Crippen molar-refractivity contribution < 1.29 is 19.0 Å². The van der Waals surface area contributed by atoms with Crippen molar-refractivity contribution in [1.82, 2.24) is 5.43 Å². The molecule has 0 heterocycles. The average Bonchev–Trinajstić information content (AvgIpc) is 2.67. The molecular formula is C19H20N2O4. The fourth-order valence-corrected chi connectivity index (χ4v) is 1.87. The summed E-state index contributed by atoms with van der Waals surface area (Å²) in [6, 6.07) is 14.6. The molecule has 0 unspecified atom stereocenters. The summed E-state index contributed by atoms with van der Waals surface area (Å²) in [5, 5.41) is 3.82. The van der Waals surface area contributed by atoms with Gasteiger partial charge in [0.05, 0.1) is 14.2 Å². The minimum Gasteiger partial charge on any atom is -0.497 e. The maximum atomic E-state index is 11.6. The molecule has 2 aromatic rings. The van der Waals surface area contributed by atoms with Gasteiger partial charge in [-0.2, -0.15) is 5.10 Å². The van der Waals surface area contributed by atoms with Gasteiger partial charge >= 0.3 is 0 Å². The van der Waals surface area contributed by atoms with E-state index in [9.17, 15) is 4.79 Å². The van der Waals surface area contributed by atoms with Gasteiger partial charge in [0, 0.05) is 6.21 Å². The van der Waals surface area contributed by atoms with E-state index >= 15 is 0 Å². The molecule has 0 aliphatic heterocycles. The second-order valence-corrected chi connectivity index (χ2v) is 4.91. The third-order valence-electron chi connectivity index (χ3n) is 3.18. The van der Waals surface area contributed by atoms with Crippen molar-refractivity contribution in [3.63, 3.8) is 0 Å². The van der Waals surface area contributed by atoms with Gasteiger partial charge in [0.15, 0.2) is 6.61 Å². The molecule has 0 aliphatic rings. The first-order valence-corrected chi connectivity index (χ1v) is 7.61. The summed E-state index contributed by atoms with van der Waals surface area (Å²) in [4.78, 5) is 11.6. The Balaban J connectivity index is 1.71. The molecular weight excluding hydrogens is 320 g/mol. The van der Waals surface area contributed by atoms with Gasteiger partial charge in [-0.15, -0.1) is 0 Å². The molecule has 6 heteroatoms. The summed E-state index contributed by atoms with van der Waals surface area (Å²) in [5.41, 5.74) is 3.39. The first kappa shape index (κ1) is 18.1. The number of nitrogens with zero attached hydrogens (tertiary/aromatic N) is 1. The molecule has 0 radical (unpaired) electrons. The van der Waals surface area contributed by atoms with E-state index in [1.807, 2.05) is 30.3 Å². The van der Waals surface area contributed by atoms with Gasteiger partial charge < -0.3 is 14.2 Å². The van der Waals surface area contributed by atoms with Crippen LogP contribution in [0.5, 0.6) is 17.2 Å². The van der Waals surface area contributed by atoms with E-state index < -0.39 is 0 Å². The van der Waals surface area contributed by atoms with Crippen LogP contribution in [-0.2, 0) is 4.79 Å². The normalized spacial score (nSPS) is 10.8. The Hall–Kier alpha value is -3.28. The fourth-order valence-electron chi connectivity index (χ4n) is 1.87. The maximum absolute atomic E-state index is 11.6. The molecule has 6 nitrogen and oxygen atoms in total. The Morgan fingerprint density at radius 2 is 1.52 bits per heavy atom. The van der Waals surface area contributed by atoms with E-state index in [4.69, 9.17) is 14.2 Å². The van der Waals surface area contributed by atoms with Crippen LogP contribution >= 0.6 is 0 Å². The van der Waals surface area contributed by atoms with Crippen LogP contribution in [0.4, 0.5) is 0 Å². The molecule has 0 aromatic heterocycles. The van der Waals surface area contributed by atoms with Crippen molar-refractivity contribution in [3.8, 4) is 17.2 Å². The number of nitrogens with one attached hydrogen (secondary N) is 1. The van der Waals surface area contributed by atoms with Crippen LogP contribution in [0.3, 0.4) is 0 Å². The molecule has 0 saturated heterocycles. The molecule has 2 aromatic carbocycles. The van der Waals surface area contributed by atoms with Gasteiger partial charge in [0.25, 0.3) is 5.91 Å². The van der Waals surface area contributed by atoms with Gasteiger partial charge in [-0.1, -0.05) is 18.2 Å². The van der Waals surface area contributed by atoms with Gasteiger partial charge in [-0.05, 0) is 48.0 Å². The third kappa shape index (κ3) is 6.39. The Bertz CT molecular complexity index is 722. The number of ether oxygens (including phenoxy) is 3. The molecule has 0 atom stereocenters. The van der Waals surface area contributed by atoms with Crippen LogP contribution < -0.4 is 19.6 Å². The number of methoxy groups -OCH3 is 2. The number of hydrogen-bond acceptors (Lipinski definition) is 5. The molecule has 0 saturated carbocycles. The van der Waals surface area contributed by atoms with E-state index in [0.29, 0.717) is 5.75 Å². The number of amides is 1. The molecule has 1 N–H and O–H groups in total. The summed E-state index contributed by atoms with van der Waals surface area (Å²) in [5.74, 6) is 1.77. The zero-order valence-corrected chi connectivity index (χ0v) is 14.1. The summed E-state index contributed by atoms with van der Waals surface area (Å²) < 4.78 is 15.5. The second kappa shape index (κ2) is 9.77. The lowest BCUT2D eigenvalue weighted by molar-refractivity contribution is -0.123. The molecule has 1 amide bonds. The number of hydrogen-bond donors (Lipinski definition) is 1. The largest absolute Gasteiger partial charge is 0.497 e. The maximum Gasteiger partial charge on any atom is 0.277 e. The standard InChI is InChI=1S/C19H20N2O4/c1-23-16-7-5-15(6-8-16)4-3-13-20-21-19(22)14-25-18-11-9-17(24-2)10-12-18/h3-13H,14H2,1-2H3,(H,21,22). The van der Waals surface area contributed by atoms with Crippen molar-refractivity contribution in [2.45, 2.75) is 0 Å². The molecule has 0 fully saturated rings. The molecule has 0 aliphatic carbocycles. The fraction of sp³-hybridized carbons (Fsp3) is 0.158. The monoisotopic (exact) mass is 340 g/mol. The molecule has 25 heavy (non-hydrogen) atoms. The molecule has 0 bridgehead atoms. The molecule has 0 spiro atoms. The van der Waals surface area contributed by atoms with Crippen LogP contribution in [0, 0.1) is 0 Å². The lowest BCUT2D eigenvalue weighted by atomic mass is 10.2. The van der Waals surface area contributed by atoms with Crippen molar-refractivity contribution in [1.29, 1.82) is 0 Å². The van der Waals surface area contributed by atoms with Crippen LogP contribution in [0.25, 0.3) is 6.08 Å². The Labute approximate surface area is 146 Å². The lowest BCUT2D eigenvalue weighted by Crippen LogP contribution is -2.24. The summed E-state index contributed by atoms with van der Waals surface area (Å²) in [6.45, 7) is -0.119. The number of benzene rings is 2. The number of carbonyl (C=O) groups is 1. The number of allylic oxidation sites excluding steroid dienone is 1. The van der Waals surface area contributed by atoms with E-state index in [1.165, 1.54) is 6.21 Å². The van der Waals surface area contributed by atoms with E-state index in [-0.39, 0.29) is 12.5 Å². The van der Waals surface area contributed by atoms with E-state index in [0.717, 1.165) is 17.1 Å². The lowest BCUT2D eigenvalue weighted by Gasteiger charge is -2.05. The minimum absolute atomic E-state index is 0.119. The third-order valence-corrected chi connectivity index (χ3v) is 3.18. The van der Waals surface area contributed by atoms with Crippen molar-refractivity contribution in [3.05, 3.63) is 60.2 Å². The van der Waals surface area contributed by atoms with Crippen LogP contribution in [0.2, 0.25) is 0 Å². The van der Waals surface area contributed by atoms with Gasteiger partial charge in [0.1, 0.15) is 17.2 Å². The van der Waals surface area contributed by atoms with Crippen LogP contribution in [-0.4, -0.2) is 32.9 Å². The highest BCUT2D eigenvalue weighted by Crippen LogP contribution is 2.16. The summed E-state index contributed by atoms with van der Waals surface area (Å²) in [7, 11) is 3.21. The molecule has 130 valence electrons. The van der Waals surface area contributed by atoms with Crippen molar-refractivity contribution in [2.75, 3.05) is 20.8 Å². The van der Waals surface area contributed by atoms with Crippen molar-refractivity contribution in [2.24, 2.45) is 5.10 Å². The van der Waals surface area contributed by atoms with E-state index in [1.54, 1.807) is 44.6 Å². The summed E-state index contributed by atoms with van der Waals surface area (Å²) >= 11 is 0. The summed E-state index contributed by atoms with van der Waals surface area (Å²) in [6.07, 6.45) is 5.09. The Kier molecular flexibility index (Phi) is 7.06.